The highest BCUT2D eigenvalue weighted by molar-refractivity contribution is 6.61. The minimum Gasteiger partial charge on any atom is -0.423 e. The van der Waals surface area contributed by atoms with Crippen LogP contribution in [0.2, 0.25) is 0 Å². The smallest absolute Gasteiger partial charge is 0.423 e. The maximum Gasteiger partial charge on any atom is 0.491 e. The van der Waals surface area contributed by atoms with Gasteiger partial charge in [-0.3, -0.25) is 4.68 Å². The third-order valence-corrected chi connectivity index (χ3v) is 4.17. The first-order valence-corrected chi connectivity index (χ1v) is 8.11. The number of hydrogen-bond donors (Lipinski definition) is 2. The minimum absolute atomic E-state index is 0.328. The van der Waals surface area contributed by atoms with Crippen LogP contribution in [0.1, 0.15) is 45.0 Å². The van der Waals surface area contributed by atoms with Gasteiger partial charge in [0, 0.05) is 17.9 Å². The Morgan fingerprint density at radius 1 is 1.39 bits per heavy atom. The Balaban J connectivity index is 1.75. The van der Waals surface area contributed by atoms with E-state index in [4.69, 9.17) is 4.65 Å². The lowest BCUT2D eigenvalue weighted by Crippen LogP contribution is -2.50. The van der Waals surface area contributed by atoms with Gasteiger partial charge in [0.15, 0.2) is 0 Å². The molecule has 122 valence electrons. The lowest BCUT2D eigenvalue weighted by molar-refractivity contribution is 0.0820. The van der Waals surface area contributed by atoms with Crippen molar-refractivity contribution in [2.75, 3.05) is 5.32 Å². The van der Waals surface area contributed by atoms with Crippen molar-refractivity contribution >= 4 is 18.3 Å². The molecule has 0 unspecified atom stereocenters. The van der Waals surface area contributed by atoms with Gasteiger partial charge < -0.3 is 15.0 Å². The van der Waals surface area contributed by atoms with E-state index < -0.39 is 7.12 Å². The molecule has 0 fully saturated rings. The Bertz CT molecular complexity index is 697. The molecule has 23 heavy (non-hydrogen) atoms. The fraction of sp³-hybridized carbons (Fsp3) is 0.471. The van der Waals surface area contributed by atoms with Crippen LogP contribution in [0, 0.1) is 0 Å². The summed E-state index contributed by atoms with van der Waals surface area (Å²) in [5.41, 5.74) is 3.78. The number of nitrogens with zero attached hydrogens (tertiary/aromatic N) is 2. The maximum absolute atomic E-state index is 10.2. The highest BCUT2D eigenvalue weighted by atomic mass is 16.5. The molecule has 1 aromatic carbocycles. The van der Waals surface area contributed by atoms with Crippen LogP contribution in [0.25, 0.3) is 0 Å². The topological polar surface area (TPSA) is 59.3 Å². The molecule has 0 atom stereocenters. The summed E-state index contributed by atoms with van der Waals surface area (Å²) in [6.45, 7) is 8.92. The number of anilines is 1. The Hall–Kier alpha value is -1.79. The van der Waals surface area contributed by atoms with E-state index in [0.717, 1.165) is 28.8 Å². The summed E-state index contributed by atoms with van der Waals surface area (Å²) in [6, 6.07) is 8.47. The lowest BCUT2D eigenvalue weighted by atomic mass is 9.70. The molecule has 2 N–H and O–H groups in total. The first-order valence-electron chi connectivity index (χ1n) is 8.11. The van der Waals surface area contributed by atoms with Crippen molar-refractivity contribution in [3.05, 3.63) is 41.7 Å². The average molecular weight is 313 g/mol. The average Bonchev–Trinajstić information content (AvgIpc) is 2.93. The van der Waals surface area contributed by atoms with Gasteiger partial charge >= 0.3 is 7.12 Å². The van der Waals surface area contributed by atoms with Crippen molar-refractivity contribution in [1.29, 1.82) is 0 Å². The monoisotopic (exact) mass is 313 g/mol. The molecular formula is C17H24BN3O2. The van der Waals surface area contributed by atoms with E-state index in [1.54, 1.807) is 0 Å². The fourth-order valence-corrected chi connectivity index (χ4v) is 3.10. The zero-order valence-corrected chi connectivity index (χ0v) is 14.2. The molecule has 0 saturated heterocycles. The van der Waals surface area contributed by atoms with Crippen LogP contribution in [0.15, 0.2) is 30.5 Å². The third-order valence-electron chi connectivity index (χ3n) is 4.17. The van der Waals surface area contributed by atoms with Crippen LogP contribution in [0.4, 0.5) is 5.69 Å². The summed E-state index contributed by atoms with van der Waals surface area (Å²) in [7, 11) is -0.864. The van der Waals surface area contributed by atoms with Gasteiger partial charge in [-0.05, 0) is 63.3 Å². The Kier molecular flexibility index (Phi) is 4.21. The van der Waals surface area contributed by atoms with Crippen LogP contribution >= 0.6 is 0 Å². The molecule has 2 heterocycles. The number of benzene rings is 1. The maximum atomic E-state index is 10.2. The summed E-state index contributed by atoms with van der Waals surface area (Å²) >= 11 is 0. The van der Waals surface area contributed by atoms with Gasteiger partial charge in [0.25, 0.3) is 0 Å². The molecule has 0 radical (unpaired) electrons. The number of fused-ring (bicyclic) bond motifs is 1. The van der Waals surface area contributed by atoms with Gasteiger partial charge in [0.05, 0.1) is 17.8 Å². The van der Waals surface area contributed by atoms with E-state index in [0.29, 0.717) is 12.6 Å². The quantitative estimate of drug-likeness (QED) is 0.849. The normalized spacial score (nSPS) is 16.5. The second kappa shape index (κ2) is 6.02. The minimum atomic E-state index is -0.864. The van der Waals surface area contributed by atoms with Gasteiger partial charge in [-0.25, -0.2) is 0 Å². The van der Waals surface area contributed by atoms with Crippen molar-refractivity contribution in [2.24, 2.45) is 0 Å². The molecular weight excluding hydrogens is 289 g/mol. The van der Waals surface area contributed by atoms with Crippen molar-refractivity contribution in [1.82, 2.24) is 9.78 Å². The summed E-state index contributed by atoms with van der Waals surface area (Å²) in [6.07, 6.45) is 2.63. The van der Waals surface area contributed by atoms with E-state index in [1.165, 1.54) is 0 Å². The molecule has 0 bridgehead atoms. The van der Waals surface area contributed by atoms with Gasteiger partial charge in [-0.15, -0.1) is 0 Å². The summed E-state index contributed by atoms with van der Waals surface area (Å²) < 4.78 is 7.68. The van der Waals surface area contributed by atoms with Gasteiger partial charge in [-0.1, -0.05) is 6.07 Å². The van der Waals surface area contributed by atoms with Crippen molar-refractivity contribution in [2.45, 2.75) is 52.3 Å². The Labute approximate surface area is 137 Å². The van der Waals surface area contributed by atoms with E-state index in [1.807, 2.05) is 36.9 Å². The Morgan fingerprint density at radius 2 is 2.17 bits per heavy atom. The Morgan fingerprint density at radius 3 is 2.91 bits per heavy atom. The summed E-state index contributed by atoms with van der Waals surface area (Å²) in [5, 5.41) is 18.0. The standard InChI is InChI=1S/C17H24BN3O2/c1-12(2)21-15(7-8-20-21)11-19-14-6-5-13-10-17(3,4)23-18(22)16(13)9-14/h5-9,12,19,22H,10-11H2,1-4H3. The predicted molar refractivity (Wildman–Crippen MR) is 92.9 cm³/mol. The highest BCUT2D eigenvalue weighted by Gasteiger charge is 2.35. The fourth-order valence-electron chi connectivity index (χ4n) is 3.10. The molecule has 0 spiro atoms. The number of hydrogen-bond acceptors (Lipinski definition) is 4. The molecule has 0 amide bonds. The molecule has 3 rings (SSSR count). The number of rotatable bonds is 4. The van der Waals surface area contributed by atoms with Crippen LogP contribution in [0.3, 0.4) is 0 Å². The third kappa shape index (κ3) is 3.43. The molecule has 0 aliphatic carbocycles. The first kappa shape index (κ1) is 16.1. The van der Waals surface area contributed by atoms with Crippen LogP contribution < -0.4 is 10.8 Å². The first-order chi connectivity index (χ1) is 10.9. The van der Waals surface area contributed by atoms with E-state index in [2.05, 4.69) is 36.4 Å². The van der Waals surface area contributed by atoms with Crippen molar-refractivity contribution in [3.63, 3.8) is 0 Å². The molecule has 2 aromatic rings. The SMILES string of the molecule is CC(C)n1nccc1CNc1ccc2c(c1)B(O)OC(C)(C)C2. The summed E-state index contributed by atoms with van der Waals surface area (Å²) in [4.78, 5) is 0. The van der Waals surface area contributed by atoms with Crippen LogP contribution in [-0.4, -0.2) is 27.5 Å². The second-order valence-electron chi connectivity index (χ2n) is 7.03. The van der Waals surface area contributed by atoms with E-state index >= 15 is 0 Å². The molecule has 1 aliphatic heterocycles. The molecule has 1 aliphatic rings. The van der Waals surface area contributed by atoms with E-state index in [9.17, 15) is 5.02 Å². The van der Waals surface area contributed by atoms with Crippen molar-refractivity contribution < 1.29 is 9.68 Å². The van der Waals surface area contributed by atoms with Crippen molar-refractivity contribution in [3.8, 4) is 0 Å². The molecule has 6 heteroatoms. The largest absolute Gasteiger partial charge is 0.491 e. The molecule has 5 nitrogen and oxygen atoms in total. The second-order valence-corrected chi connectivity index (χ2v) is 7.03. The number of nitrogens with one attached hydrogen (secondary N) is 1. The van der Waals surface area contributed by atoms with Gasteiger partial charge in [-0.2, -0.15) is 5.10 Å². The summed E-state index contributed by atoms with van der Waals surface area (Å²) in [5.74, 6) is 0. The van der Waals surface area contributed by atoms with E-state index in [-0.39, 0.29) is 5.60 Å². The number of aromatic nitrogens is 2. The zero-order chi connectivity index (χ0) is 16.6. The zero-order valence-electron chi connectivity index (χ0n) is 14.2. The molecule has 0 saturated carbocycles. The lowest BCUT2D eigenvalue weighted by Gasteiger charge is -2.34. The van der Waals surface area contributed by atoms with Crippen LogP contribution in [0.5, 0.6) is 0 Å². The van der Waals surface area contributed by atoms with Gasteiger partial charge in [0.1, 0.15) is 0 Å². The highest BCUT2D eigenvalue weighted by Crippen LogP contribution is 2.23. The van der Waals surface area contributed by atoms with Crippen LogP contribution in [-0.2, 0) is 17.6 Å². The molecule has 1 aromatic heterocycles. The van der Waals surface area contributed by atoms with Gasteiger partial charge in [0.2, 0.25) is 0 Å². The predicted octanol–water partition coefficient (Wildman–Crippen LogP) is 2.11.